The standard InChI is InChI=1S/C20H13ClFNO3S/c21-12-5-1-3-10(7-12)14-9-15(24)23-17-16(11-4-2-6-13(22)8-11)19(20(25)26)27-18(14)17/h1-8,14H,9H2,(H,23,24)(H,25,26)/t14-/m1/s1. The summed E-state index contributed by atoms with van der Waals surface area (Å²) in [4.78, 5) is 25.0. The normalized spacial score (nSPS) is 15.9. The van der Waals surface area contributed by atoms with E-state index in [0.29, 0.717) is 21.8 Å². The molecule has 0 spiro atoms. The highest BCUT2D eigenvalue weighted by Crippen LogP contribution is 2.49. The van der Waals surface area contributed by atoms with Crippen LogP contribution in [0, 0.1) is 5.82 Å². The van der Waals surface area contributed by atoms with Crippen molar-refractivity contribution in [3.8, 4) is 11.1 Å². The van der Waals surface area contributed by atoms with Gasteiger partial charge in [0.2, 0.25) is 5.91 Å². The van der Waals surface area contributed by atoms with Crippen molar-refractivity contribution in [2.45, 2.75) is 12.3 Å². The zero-order valence-electron chi connectivity index (χ0n) is 13.8. The average molecular weight is 402 g/mol. The zero-order valence-corrected chi connectivity index (χ0v) is 15.4. The number of carboxylic acid groups (broad SMARTS) is 1. The van der Waals surface area contributed by atoms with Crippen molar-refractivity contribution in [1.82, 2.24) is 0 Å². The molecule has 0 bridgehead atoms. The van der Waals surface area contributed by atoms with Crippen molar-refractivity contribution >= 4 is 40.5 Å². The van der Waals surface area contributed by atoms with Crippen LogP contribution < -0.4 is 5.32 Å². The van der Waals surface area contributed by atoms with Gasteiger partial charge in [0.25, 0.3) is 0 Å². The van der Waals surface area contributed by atoms with Crippen LogP contribution in [0.25, 0.3) is 11.1 Å². The minimum absolute atomic E-state index is 0.0693. The Balaban J connectivity index is 1.95. The van der Waals surface area contributed by atoms with Crippen molar-refractivity contribution in [2.75, 3.05) is 5.32 Å². The van der Waals surface area contributed by atoms with Crippen LogP contribution in [0.15, 0.2) is 48.5 Å². The number of carboxylic acids is 1. The fourth-order valence-electron chi connectivity index (χ4n) is 3.35. The lowest BCUT2D eigenvalue weighted by molar-refractivity contribution is -0.116. The highest BCUT2D eigenvalue weighted by Gasteiger charge is 2.34. The minimum Gasteiger partial charge on any atom is -0.477 e. The molecule has 3 aromatic rings. The molecule has 1 atom stereocenters. The lowest BCUT2D eigenvalue weighted by Crippen LogP contribution is -2.22. The molecule has 27 heavy (non-hydrogen) atoms. The van der Waals surface area contributed by atoms with Crippen LogP contribution in [-0.2, 0) is 4.79 Å². The van der Waals surface area contributed by atoms with Gasteiger partial charge in [-0.05, 0) is 35.4 Å². The number of fused-ring (bicyclic) bond motifs is 1. The van der Waals surface area contributed by atoms with Crippen LogP contribution in [0.5, 0.6) is 0 Å². The second-order valence-corrected chi connectivity index (χ2v) is 7.71. The summed E-state index contributed by atoms with van der Waals surface area (Å²) in [5, 5.41) is 13.0. The first-order chi connectivity index (χ1) is 12.9. The first-order valence-electron chi connectivity index (χ1n) is 8.15. The first-order valence-corrected chi connectivity index (χ1v) is 9.34. The van der Waals surface area contributed by atoms with Gasteiger partial charge in [-0.2, -0.15) is 0 Å². The van der Waals surface area contributed by atoms with Gasteiger partial charge in [0, 0.05) is 27.8 Å². The van der Waals surface area contributed by atoms with Gasteiger partial charge in [-0.1, -0.05) is 35.9 Å². The molecule has 0 unspecified atom stereocenters. The zero-order chi connectivity index (χ0) is 19.1. The Kier molecular flexibility index (Phi) is 4.45. The second kappa shape index (κ2) is 6.79. The van der Waals surface area contributed by atoms with Crippen molar-refractivity contribution in [2.24, 2.45) is 0 Å². The van der Waals surface area contributed by atoms with Crippen molar-refractivity contribution in [3.63, 3.8) is 0 Å². The third-order valence-electron chi connectivity index (χ3n) is 4.46. The van der Waals surface area contributed by atoms with Crippen LogP contribution >= 0.6 is 22.9 Å². The maximum Gasteiger partial charge on any atom is 0.346 e. The third kappa shape index (κ3) is 3.22. The van der Waals surface area contributed by atoms with E-state index in [1.165, 1.54) is 18.2 Å². The smallest absolute Gasteiger partial charge is 0.346 e. The maximum atomic E-state index is 13.7. The van der Waals surface area contributed by atoms with E-state index in [0.717, 1.165) is 21.8 Å². The molecular formula is C20H13ClFNO3S. The van der Waals surface area contributed by atoms with Gasteiger partial charge in [-0.3, -0.25) is 4.79 Å². The Morgan fingerprint density at radius 2 is 2.00 bits per heavy atom. The molecule has 0 fully saturated rings. The molecule has 7 heteroatoms. The molecule has 4 rings (SSSR count). The largest absolute Gasteiger partial charge is 0.477 e. The number of anilines is 1. The fourth-order valence-corrected chi connectivity index (χ4v) is 4.79. The Labute approximate surface area is 163 Å². The first kappa shape index (κ1) is 17.7. The molecule has 0 saturated carbocycles. The topological polar surface area (TPSA) is 66.4 Å². The number of carbonyl (C=O) groups excluding carboxylic acids is 1. The van der Waals surface area contributed by atoms with E-state index in [-0.39, 0.29) is 23.1 Å². The van der Waals surface area contributed by atoms with Gasteiger partial charge < -0.3 is 10.4 Å². The quantitative estimate of drug-likeness (QED) is 0.619. The molecule has 0 saturated heterocycles. The Morgan fingerprint density at radius 1 is 1.22 bits per heavy atom. The third-order valence-corrected chi connectivity index (χ3v) is 5.99. The minimum atomic E-state index is -1.12. The number of nitrogens with one attached hydrogen (secondary N) is 1. The maximum absolute atomic E-state index is 13.7. The van der Waals surface area contributed by atoms with Gasteiger partial charge in [-0.25, -0.2) is 9.18 Å². The summed E-state index contributed by atoms with van der Waals surface area (Å²) in [6, 6.07) is 12.9. The number of rotatable bonds is 3. The summed E-state index contributed by atoms with van der Waals surface area (Å²) in [6.45, 7) is 0. The number of benzene rings is 2. The number of halogens is 2. The molecule has 0 radical (unpaired) electrons. The molecule has 2 N–H and O–H groups in total. The molecule has 4 nitrogen and oxygen atoms in total. The van der Waals surface area contributed by atoms with Crippen molar-refractivity contribution < 1.29 is 19.1 Å². The van der Waals surface area contributed by atoms with E-state index in [9.17, 15) is 19.1 Å². The van der Waals surface area contributed by atoms with E-state index in [1.807, 2.05) is 6.07 Å². The molecule has 0 aliphatic carbocycles. The number of hydrogen-bond acceptors (Lipinski definition) is 3. The predicted octanol–water partition coefficient (Wildman–Crippen LogP) is 5.38. The fraction of sp³-hybridized carbons (Fsp3) is 0.100. The Hall–Kier alpha value is -2.70. The molecule has 1 amide bonds. The number of amides is 1. The SMILES string of the molecule is O=C1C[C@H](c2cccc(Cl)c2)c2sc(C(=O)O)c(-c3cccc(F)c3)c2N1. The highest BCUT2D eigenvalue weighted by molar-refractivity contribution is 7.15. The predicted molar refractivity (Wildman–Crippen MR) is 103 cm³/mol. The molecule has 2 aromatic carbocycles. The highest BCUT2D eigenvalue weighted by atomic mass is 35.5. The van der Waals surface area contributed by atoms with Gasteiger partial charge in [-0.15, -0.1) is 11.3 Å². The van der Waals surface area contributed by atoms with E-state index >= 15 is 0 Å². The molecule has 1 aliphatic heterocycles. The number of aromatic carboxylic acids is 1. The summed E-state index contributed by atoms with van der Waals surface area (Å²) in [6.07, 6.45) is 0.190. The average Bonchev–Trinajstić information content (AvgIpc) is 3.00. The van der Waals surface area contributed by atoms with Crippen molar-refractivity contribution in [3.05, 3.63) is 74.7 Å². The van der Waals surface area contributed by atoms with Gasteiger partial charge in [0.05, 0.1) is 5.69 Å². The lowest BCUT2D eigenvalue weighted by atomic mass is 9.88. The molecule has 1 aliphatic rings. The van der Waals surface area contributed by atoms with Crippen LogP contribution in [0.3, 0.4) is 0 Å². The molecule has 1 aromatic heterocycles. The van der Waals surface area contributed by atoms with Gasteiger partial charge in [0.1, 0.15) is 10.7 Å². The van der Waals surface area contributed by atoms with E-state index < -0.39 is 11.8 Å². The number of thiophene rings is 1. The summed E-state index contributed by atoms with van der Waals surface area (Å²) >= 11 is 7.20. The number of carbonyl (C=O) groups is 2. The van der Waals surface area contributed by atoms with Gasteiger partial charge >= 0.3 is 5.97 Å². The second-order valence-electron chi connectivity index (χ2n) is 6.22. The summed E-state index contributed by atoms with van der Waals surface area (Å²) in [5.74, 6) is -2.12. The van der Waals surface area contributed by atoms with Crippen LogP contribution in [0.1, 0.15) is 32.5 Å². The lowest BCUT2D eigenvalue weighted by Gasteiger charge is -2.24. The Bertz CT molecular complexity index is 1080. The monoisotopic (exact) mass is 401 g/mol. The summed E-state index contributed by atoms with van der Waals surface area (Å²) < 4.78 is 13.7. The van der Waals surface area contributed by atoms with E-state index in [2.05, 4.69) is 5.32 Å². The van der Waals surface area contributed by atoms with Crippen LogP contribution in [0.4, 0.5) is 10.1 Å². The molecular weight excluding hydrogens is 389 g/mol. The van der Waals surface area contributed by atoms with Crippen LogP contribution in [0.2, 0.25) is 5.02 Å². The van der Waals surface area contributed by atoms with E-state index in [4.69, 9.17) is 11.6 Å². The van der Waals surface area contributed by atoms with Gasteiger partial charge in [0.15, 0.2) is 0 Å². The Morgan fingerprint density at radius 3 is 2.70 bits per heavy atom. The van der Waals surface area contributed by atoms with Crippen LogP contribution in [-0.4, -0.2) is 17.0 Å². The summed E-state index contributed by atoms with van der Waals surface area (Å²) in [7, 11) is 0. The van der Waals surface area contributed by atoms with E-state index in [1.54, 1.807) is 24.3 Å². The number of hydrogen-bond donors (Lipinski definition) is 2. The summed E-state index contributed by atoms with van der Waals surface area (Å²) in [5.41, 5.74) is 2.02. The molecule has 2 heterocycles. The van der Waals surface area contributed by atoms with Crippen molar-refractivity contribution in [1.29, 1.82) is 0 Å². The molecule has 136 valence electrons.